The molecule has 0 spiro atoms. The molecule has 6 heteroatoms. The van der Waals surface area contributed by atoms with Crippen molar-refractivity contribution in [3.05, 3.63) is 46.7 Å². The quantitative estimate of drug-likeness (QED) is 0.673. The van der Waals surface area contributed by atoms with Crippen molar-refractivity contribution in [2.45, 2.75) is 6.54 Å². The number of aromatic nitrogens is 2. The number of aromatic hydroxyl groups is 1. The number of methoxy groups -OCH3 is 1. The average Bonchev–Trinajstić information content (AvgIpc) is 2.95. The van der Waals surface area contributed by atoms with E-state index < -0.39 is 0 Å². The van der Waals surface area contributed by atoms with Crippen LogP contribution in [-0.4, -0.2) is 22.2 Å². The van der Waals surface area contributed by atoms with Crippen LogP contribution < -0.4 is 10.1 Å². The van der Waals surface area contributed by atoms with Gasteiger partial charge in [-0.1, -0.05) is 0 Å². The van der Waals surface area contributed by atoms with E-state index in [4.69, 9.17) is 4.74 Å². The topological polar surface area (TPSA) is 70.2 Å². The number of fused-ring (bicyclic) bond motifs is 1. The number of aromatic amines is 1. The zero-order valence-corrected chi connectivity index (χ0v) is 12.9. The molecule has 0 unspecified atom stereocenters. The van der Waals surface area contributed by atoms with Gasteiger partial charge < -0.3 is 20.1 Å². The first kappa shape index (κ1) is 13.8. The molecule has 3 aromatic rings. The monoisotopic (exact) mass is 347 g/mol. The summed E-state index contributed by atoms with van der Waals surface area (Å²) in [4.78, 5) is 7.27. The number of phenolic OH excluding ortho intramolecular Hbond substituents is 1. The molecule has 0 fully saturated rings. The van der Waals surface area contributed by atoms with Gasteiger partial charge in [-0.05, 0) is 51.8 Å². The van der Waals surface area contributed by atoms with Crippen LogP contribution in [0.2, 0.25) is 0 Å². The lowest BCUT2D eigenvalue weighted by Crippen LogP contribution is -2.00. The van der Waals surface area contributed by atoms with Gasteiger partial charge in [-0.2, -0.15) is 0 Å². The summed E-state index contributed by atoms with van der Waals surface area (Å²) in [5.41, 5.74) is 3.93. The molecule has 3 rings (SSSR count). The highest BCUT2D eigenvalue weighted by molar-refractivity contribution is 9.10. The Morgan fingerprint density at radius 2 is 2.19 bits per heavy atom. The maximum atomic E-state index is 9.80. The van der Waals surface area contributed by atoms with Gasteiger partial charge in [-0.3, -0.25) is 0 Å². The first-order valence-electron chi connectivity index (χ1n) is 6.40. The van der Waals surface area contributed by atoms with E-state index in [1.165, 1.54) is 7.11 Å². The molecule has 0 atom stereocenters. The molecule has 0 amide bonds. The fraction of sp³-hybridized carbons (Fsp3) is 0.133. The largest absolute Gasteiger partial charge is 0.503 e. The van der Waals surface area contributed by atoms with Gasteiger partial charge in [-0.15, -0.1) is 0 Å². The molecule has 0 aliphatic rings. The summed E-state index contributed by atoms with van der Waals surface area (Å²) in [6, 6.07) is 9.62. The number of imidazole rings is 1. The summed E-state index contributed by atoms with van der Waals surface area (Å²) in [6.07, 6.45) is 1.68. The van der Waals surface area contributed by atoms with Crippen LogP contribution >= 0.6 is 15.9 Å². The predicted molar refractivity (Wildman–Crippen MR) is 85.8 cm³/mol. The number of hydrogen-bond donors (Lipinski definition) is 3. The van der Waals surface area contributed by atoms with Crippen LogP contribution in [0.25, 0.3) is 11.0 Å². The molecule has 0 aliphatic heterocycles. The number of rotatable bonds is 4. The molecule has 5 nitrogen and oxygen atoms in total. The van der Waals surface area contributed by atoms with E-state index in [0.29, 0.717) is 16.8 Å². The van der Waals surface area contributed by atoms with Crippen molar-refractivity contribution >= 4 is 32.7 Å². The molecule has 0 bridgehead atoms. The van der Waals surface area contributed by atoms with Crippen LogP contribution in [0, 0.1) is 0 Å². The van der Waals surface area contributed by atoms with Gasteiger partial charge in [0.1, 0.15) is 0 Å². The molecule has 0 radical (unpaired) electrons. The number of nitrogens with zero attached hydrogens (tertiary/aromatic N) is 1. The van der Waals surface area contributed by atoms with E-state index in [-0.39, 0.29) is 5.75 Å². The number of halogens is 1. The number of benzene rings is 2. The number of H-pyrrole nitrogens is 1. The van der Waals surface area contributed by atoms with Crippen molar-refractivity contribution in [1.82, 2.24) is 9.97 Å². The summed E-state index contributed by atoms with van der Waals surface area (Å²) in [5.74, 6) is 0.560. The lowest BCUT2D eigenvalue weighted by molar-refractivity contribution is 0.371. The minimum absolute atomic E-state index is 0.111. The third kappa shape index (κ3) is 2.80. The van der Waals surface area contributed by atoms with Crippen LogP contribution in [0.5, 0.6) is 11.5 Å². The Kier molecular flexibility index (Phi) is 3.70. The molecule has 0 saturated carbocycles. The maximum Gasteiger partial charge on any atom is 0.172 e. The molecule has 1 heterocycles. The van der Waals surface area contributed by atoms with E-state index in [9.17, 15) is 5.11 Å². The van der Waals surface area contributed by atoms with Crippen LogP contribution in [0.15, 0.2) is 41.1 Å². The Labute approximate surface area is 130 Å². The first-order valence-corrected chi connectivity index (χ1v) is 7.19. The van der Waals surface area contributed by atoms with Crippen LogP contribution in [-0.2, 0) is 6.54 Å². The Morgan fingerprint density at radius 3 is 3.00 bits per heavy atom. The van der Waals surface area contributed by atoms with E-state index >= 15 is 0 Å². The van der Waals surface area contributed by atoms with Crippen molar-refractivity contribution in [2.75, 3.05) is 12.4 Å². The molecular weight excluding hydrogens is 334 g/mol. The molecule has 1 aromatic heterocycles. The number of phenols is 1. The zero-order valence-electron chi connectivity index (χ0n) is 11.4. The minimum Gasteiger partial charge on any atom is -0.503 e. The number of hydrogen-bond acceptors (Lipinski definition) is 4. The van der Waals surface area contributed by atoms with Crippen LogP contribution in [0.1, 0.15) is 5.56 Å². The van der Waals surface area contributed by atoms with Crippen molar-refractivity contribution in [2.24, 2.45) is 0 Å². The van der Waals surface area contributed by atoms with Gasteiger partial charge in [0.15, 0.2) is 11.5 Å². The fourth-order valence-corrected chi connectivity index (χ4v) is 2.62. The summed E-state index contributed by atoms with van der Waals surface area (Å²) in [6.45, 7) is 0.620. The van der Waals surface area contributed by atoms with Gasteiger partial charge in [0, 0.05) is 12.2 Å². The second-order valence-electron chi connectivity index (χ2n) is 4.62. The predicted octanol–water partition coefficient (Wildman–Crippen LogP) is 3.65. The number of ether oxygens (including phenoxy) is 1. The second-order valence-corrected chi connectivity index (χ2v) is 5.47. The van der Waals surface area contributed by atoms with Gasteiger partial charge in [-0.25, -0.2) is 4.98 Å². The molecule has 0 saturated heterocycles. The summed E-state index contributed by atoms with van der Waals surface area (Å²) in [5, 5.41) is 13.1. The van der Waals surface area contributed by atoms with E-state index in [0.717, 1.165) is 22.3 Å². The first-order chi connectivity index (χ1) is 10.2. The highest BCUT2D eigenvalue weighted by atomic mass is 79.9. The summed E-state index contributed by atoms with van der Waals surface area (Å²) < 4.78 is 5.76. The van der Waals surface area contributed by atoms with Gasteiger partial charge in [0.2, 0.25) is 0 Å². The van der Waals surface area contributed by atoms with Gasteiger partial charge in [0.25, 0.3) is 0 Å². The van der Waals surface area contributed by atoms with Gasteiger partial charge >= 0.3 is 0 Å². The van der Waals surface area contributed by atoms with Gasteiger partial charge in [0.05, 0.1) is 28.9 Å². The smallest absolute Gasteiger partial charge is 0.172 e. The standard InChI is InChI=1S/C15H14BrN3O2/c1-21-14-5-9(4-11(16)15(14)20)7-17-10-2-3-12-13(6-10)19-8-18-12/h2-6,8,17,20H,7H2,1H3,(H,18,19). The van der Waals surface area contributed by atoms with Crippen molar-refractivity contribution in [1.29, 1.82) is 0 Å². The van der Waals surface area contributed by atoms with Crippen LogP contribution in [0.4, 0.5) is 5.69 Å². The fourth-order valence-electron chi connectivity index (χ4n) is 2.13. The summed E-state index contributed by atoms with van der Waals surface area (Å²) >= 11 is 3.32. The maximum absolute atomic E-state index is 9.80. The minimum atomic E-state index is 0.111. The van der Waals surface area contributed by atoms with Crippen LogP contribution in [0.3, 0.4) is 0 Å². The summed E-state index contributed by atoms with van der Waals surface area (Å²) in [7, 11) is 1.53. The Balaban J connectivity index is 1.79. The lowest BCUT2D eigenvalue weighted by Gasteiger charge is -2.10. The molecule has 2 aromatic carbocycles. The van der Waals surface area contributed by atoms with E-state index in [1.807, 2.05) is 30.3 Å². The Bertz CT molecular complexity index is 786. The average molecular weight is 348 g/mol. The highest BCUT2D eigenvalue weighted by Crippen LogP contribution is 2.35. The highest BCUT2D eigenvalue weighted by Gasteiger charge is 2.08. The molecule has 3 N–H and O–H groups in total. The number of anilines is 1. The second kappa shape index (κ2) is 5.65. The number of nitrogens with one attached hydrogen (secondary N) is 2. The third-order valence-corrected chi connectivity index (χ3v) is 3.83. The Hall–Kier alpha value is -2.21. The SMILES string of the molecule is COc1cc(CNc2ccc3nc[nH]c3c2)cc(Br)c1O. The molecule has 21 heavy (non-hydrogen) atoms. The molecular formula is C15H14BrN3O2. The van der Waals surface area contributed by atoms with Crippen molar-refractivity contribution in [3.63, 3.8) is 0 Å². The van der Waals surface area contributed by atoms with E-state index in [2.05, 4.69) is 31.2 Å². The molecule has 0 aliphatic carbocycles. The zero-order chi connectivity index (χ0) is 14.8. The Morgan fingerprint density at radius 1 is 1.33 bits per heavy atom. The van der Waals surface area contributed by atoms with E-state index in [1.54, 1.807) is 6.33 Å². The normalized spacial score (nSPS) is 10.8. The van der Waals surface area contributed by atoms with Crippen molar-refractivity contribution < 1.29 is 9.84 Å². The van der Waals surface area contributed by atoms with Crippen molar-refractivity contribution in [3.8, 4) is 11.5 Å². The molecule has 108 valence electrons. The third-order valence-electron chi connectivity index (χ3n) is 3.23. The lowest BCUT2D eigenvalue weighted by atomic mass is 10.2.